The molecule has 132 valence electrons. The van der Waals surface area contributed by atoms with Gasteiger partial charge in [0.2, 0.25) is 5.91 Å². The van der Waals surface area contributed by atoms with Crippen LogP contribution in [0.5, 0.6) is 5.75 Å². The number of anilines is 2. The molecule has 0 spiro atoms. The summed E-state index contributed by atoms with van der Waals surface area (Å²) in [5, 5.41) is 5.47. The summed E-state index contributed by atoms with van der Waals surface area (Å²) in [4.78, 5) is 27.6. The van der Waals surface area contributed by atoms with Crippen LogP contribution < -0.4 is 15.4 Å². The zero-order chi connectivity index (χ0) is 18.5. The molecule has 3 aromatic rings. The molecule has 3 rings (SSSR count). The van der Waals surface area contributed by atoms with Gasteiger partial charge in [0, 0.05) is 23.7 Å². The molecule has 1 aromatic heterocycles. The predicted molar refractivity (Wildman–Crippen MR) is 97.2 cm³/mol. The SMILES string of the molecule is COc1ccc(NC(C)=O)cc1NC(=O)c1ccc(-c2cnco2)cc1. The van der Waals surface area contributed by atoms with Crippen molar-refractivity contribution in [2.75, 3.05) is 17.7 Å². The Bertz CT molecular complexity index is 918. The molecule has 1 heterocycles. The smallest absolute Gasteiger partial charge is 0.255 e. The van der Waals surface area contributed by atoms with Gasteiger partial charge in [-0.25, -0.2) is 4.98 Å². The van der Waals surface area contributed by atoms with Crippen molar-refractivity contribution < 1.29 is 18.7 Å². The first kappa shape index (κ1) is 17.2. The van der Waals surface area contributed by atoms with Crippen LogP contribution in [-0.2, 0) is 4.79 Å². The van der Waals surface area contributed by atoms with Crippen LogP contribution in [0.2, 0.25) is 0 Å². The molecular weight excluding hydrogens is 334 g/mol. The highest BCUT2D eigenvalue weighted by atomic mass is 16.5. The number of methoxy groups -OCH3 is 1. The Balaban J connectivity index is 1.79. The lowest BCUT2D eigenvalue weighted by atomic mass is 10.1. The highest BCUT2D eigenvalue weighted by molar-refractivity contribution is 6.05. The predicted octanol–water partition coefficient (Wildman–Crippen LogP) is 3.56. The fourth-order valence-electron chi connectivity index (χ4n) is 2.43. The minimum absolute atomic E-state index is 0.199. The Labute approximate surface area is 150 Å². The van der Waals surface area contributed by atoms with Gasteiger partial charge in [-0.05, 0) is 30.3 Å². The van der Waals surface area contributed by atoms with Crippen LogP contribution in [0.4, 0.5) is 11.4 Å². The summed E-state index contributed by atoms with van der Waals surface area (Å²) >= 11 is 0. The van der Waals surface area contributed by atoms with E-state index in [9.17, 15) is 9.59 Å². The number of oxazole rings is 1. The molecule has 0 unspecified atom stereocenters. The Morgan fingerprint density at radius 1 is 1.08 bits per heavy atom. The van der Waals surface area contributed by atoms with Gasteiger partial charge < -0.3 is 19.8 Å². The average Bonchev–Trinajstić information content (AvgIpc) is 3.16. The van der Waals surface area contributed by atoms with Crippen LogP contribution in [0.1, 0.15) is 17.3 Å². The van der Waals surface area contributed by atoms with E-state index < -0.39 is 0 Å². The molecule has 2 amide bonds. The molecule has 0 saturated heterocycles. The van der Waals surface area contributed by atoms with Crippen molar-refractivity contribution in [3.8, 4) is 17.1 Å². The number of amides is 2. The minimum atomic E-state index is -0.299. The van der Waals surface area contributed by atoms with Crippen molar-refractivity contribution in [1.82, 2.24) is 4.98 Å². The third kappa shape index (κ3) is 3.89. The molecule has 0 saturated carbocycles. The molecule has 0 atom stereocenters. The zero-order valence-corrected chi connectivity index (χ0v) is 14.3. The number of nitrogens with zero attached hydrogens (tertiary/aromatic N) is 1. The molecule has 0 bridgehead atoms. The van der Waals surface area contributed by atoms with Crippen LogP contribution >= 0.6 is 0 Å². The lowest BCUT2D eigenvalue weighted by Gasteiger charge is -2.12. The molecule has 0 aliphatic rings. The van der Waals surface area contributed by atoms with E-state index in [0.29, 0.717) is 28.4 Å². The second-order valence-electron chi connectivity index (χ2n) is 5.49. The van der Waals surface area contributed by atoms with E-state index in [2.05, 4.69) is 15.6 Å². The first-order chi connectivity index (χ1) is 12.6. The molecule has 0 fully saturated rings. The highest BCUT2D eigenvalue weighted by Gasteiger charge is 2.12. The van der Waals surface area contributed by atoms with Crippen LogP contribution in [0.25, 0.3) is 11.3 Å². The van der Waals surface area contributed by atoms with Crippen LogP contribution in [0, 0.1) is 0 Å². The van der Waals surface area contributed by atoms with Gasteiger partial charge in [-0.3, -0.25) is 9.59 Å². The first-order valence-corrected chi connectivity index (χ1v) is 7.82. The number of carbonyl (C=O) groups is 2. The third-order valence-electron chi connectivity index (χ3n) is 3.63. The number of rotatable bonds is 5. The molecule has 0 aliphatic heterocycles. The van der Waals surface area contributed by atoms with Crippen LogP contribution in [-0.4, -0.2) is 23.9 Å². The molecule has 26 heavy (non-hydrogen) atoms. The number of nitrogens with one attached hydrogen (secondary N) is 2. The van der Waals surface area contributed by atoms with Crippen molar-refractivity contribution >= 4 is 23.2 Å². The molecular formula is C19H17N3O4. The van der Waals surface area contributed by atoms with Crippen LogP contribution in [0.3, 0.4) is 0 Å². The topological polar surface area (TPSA) is 93.5 Å². The van der Waals surface area contributed by atoms with E-state index in [1.807, 2.05) is 0 Å². The average molecular weight is 351 g/mol. The number of hydrogen-bond acceptors (Lipinski definition) is 5. The van der Waals surface area contributed by atoms with Crippen molar-refractivity contribution in [3.05, 3.63) is 60.6 Å². The van der Waals surface area contributed by atoms with Crippen molar-refractivity contribution in [1.29, 1.82) is 0 Å². The number of aromatic nitrogens is 1. The summed E-state index contributed by atoms with van der Waals surface area (Å²) in [6.07, 6.45) is 2.96. The molecule has 7 nitrogen and oxygen atoms in total. The largest absolute Gasteiger partial charge is 0.495 e. The van der Waals surface area contributed by atoms with Crippen molar-refractivity contribution in [3.63, 3.8) is 0 Å². The maximum atomic E-state index is 12.5. The van der Waals surface area contributed by atoms with Crippen molar-refractivity contribution in [2.24, 2.45) is 0 Å². The Hall–Kier alpha value is -3.61. The van der Waals surface area contributed by atoms with E-state index in [-0.39, 0.29) is 11.8 Å². The summed E-state index contributed by atoms with van der Waals surface area (Å²) in [7, 11) is 1.51. The second kappa shape index (κ2) is 7.52. The van der Waals surface area contributed by atoms with Gasteiger partial charge >= 0.3 is 0 Å². The van der Waals surface area contributed by atoms with E-state index in [0.717, 1.165) is 5.56 Å². The Kier molecular flexibility index (Phi) is 4.98. The number of carbonyl (C=O) groups excluding carboxylic acids is 2. The van der Waals surface area contributed by atoms with E-state index >= 15 is 0 Å². The van der Waals surface area contributed by atoms with E-state index in [1.165, 1.54) is 20.4 Å². The van der Waals surface area contributed by atoms with Gasteiger partial charge in [-0.1, -0.05) is 12.1 Å². The number of benzene rings is 2. The van der Waals surface area contributed by atoms with Gasteiger partial charge in [0.15, 0.2) is 12.2 Å². The van der Waals surface area contributed by atoms with E-state index in [1.54, 1.807) is 48.7 Å². The summed E-state index contributed by atoms with van der Waals surface area (Å²) in [6.45, 7) is 1.42. The molecule has 0 radical (unpaired) electrons. The zero-order valence-electron chi connectivity index (χ0n) is 14.3. The van der Waals surface area contributed by atoms with Gasteiger partial charge in [-0.2, -0.15) is 0 Å². The van der Waals surface area contributed by atoms with Gasteiger partial charge in [0.1, 0.15) is 5.75 Å². The molecule has 2 N–H and O–H groups in total. The van der Waals surface area contributed by atoms with E-state index in [4.69, 9.17) is 9.15 Å². The summed E-state index contributed by atoms with van der Waals surface area (Å²) in [6, 6.07) is 12.0. The summed E-state index contributed by atoms with van der Waals surface area (Å²) in [5.74, 6) is 0.621. The van der Waals surface area contributed by atoms with Crippen molar-refractivity contribution in [2.45, 2.75) is 6.92 Å². The fourth-order valence-corrected chi connectivity index (χ4v) is 2.43. The fraction of sp³-hybridized carbons (Fsp3) is 0.105. The summed E-state index contributed by atoms with van der Waals surface area (Å²) in [5.41, 5.74) is 2.32. The van der Waals surface area contributed by atoms with Gasteiger partial charge in [-0.15, -0.1) is 0 Å². The Morgan fingerprint density at radius 3 is 2.46 bits per heavy atom. The number of hydrogen-bond donors (Lipinski definition) is 2. The quantitative estimate of drug-likeness (QED) is 0.733. The second-order valence-corrected chi connectivity index (χ2v) is 5.49. The van der Waals surface area contributed by atoms with Gasteiger partial charge in [0.05, 0.1) is 19.0 Å². The standard InChI is InChI=1S/C19H17N3O4/c1-12(23)21-15-7-8-17(25-2)16(9-15)22-19(24)14-5-3-13(4-6-14)18-10-20-11-26-18/h3-11H,1-2H3,(H,21,23)(H,22,24). The normalized spacial score (nSPS) is 10.2. The monoisotopic (exact) mass is 351 g/mol. The maximum absolute atomic E-state index is 12.5. The third-order valence-corrected chi connectivity index (χ3v) is 3.63. The Morgan fingerprint density at radius 2 is 1.85 bits per heavy atom. The summed E-state index contributed by atoms with van der Waals surface area (Å²) < 4.78 is 10.5. The molecule has 7 heteroatoms. The lowest BCUT2D eigenvalue weighted by molar-refractivity contribution is -0.114. The molecule has 2 aromatic carbocycles. The highest BCUT2D eigenvalue weighted by Crippen LogP contribution is 2.28. The minimum Gasteiger partial charge on any atom is -0.495 e. The number of ether oxygens (including phenoxy) is 1. The molecule has 0 aliphatic carbocycles. The first-order valence-electron chi connectivity index (χ1n) is 7.82. The maximum Gasteiger partial charge on any atom is 0.255 e. The van der Waals surface area contributed by atoms with Gasteiger partial charge in [0.25, 0.3) is 5.91 Å². The van der Waals surface area contributed by atoms with Crippen LogP contribution in [0.15, 0.2) is 59.5 Å². The lowest BCUT2D eigenvalue weighted by Crippen LogP contribution is -2.13.